The normalized spacial score (nSPS) is 13.9. The van der Waals surface area contributed by atoms with Crippen molar-refractivity contribution in [3.63, 3.8) is 0 Å². The molecule has 0 spiro atoms. The highest BCUT2D eigenvalue weighted by atomic mass is 31.2. The minimum Gasteiger partial charge on any atom is -0.396 e. The van der Waals surface area contributed by atoms with Crippen molar-refractivity contribution >= 4 is 13.8 Å². The lowest BCUT2D eigenvalue weighted by molar-refractivity contribution is -0.136. The van der Waals surface area contributed by atoms with Gasteiger partial charge in [-0.3, -0.25) is 9.69 Å². The van der Waals surface area contributed by atoms with Crippen LogP contribution in [-0.4, -0.2) is 22.6 Å². The van der Waals surface area contributed by atoms with Crippen LogP contribution in [0.4, 0.5) is 0 Å². The van der Waals surface area contributed by atoms with Gasteiger partial charge in [0.15, 0.2) is 0 Å². The Hall–Kier alpha value is -1.36. The Bertz CT molecular complexity index is 390. The average Bonchev–Trinajstić information content (AvgIpc) is 2.17. The molecule has 0 bridgehead atoms. The molecule has 1 aromatic carbocycles. The zero-order valence-electron chi connectivity index (χ0n) is 8.28. The number of hydrogen-bond donors (Lipinski definition) is 2. The fourth-order valence-electron chi connectivity index (χ4n) is 0.899. The average molecular weight is 246 g/mol. The van der Waals surface area contributed by atoms with E-state index >= 15 is 0 Å². The van der Waals surface area contributed by atoms with E-state index < -0.39 is 20.4 Å². The minimum atomic E-state index is -4.46. The largest absolute Gasteiger partial charge is 0.587 e. The predicted molar refractivity (Wildman–Crippen MR) is 54.7 cm³/mol. The van der Waals surface area contributed by atoms with Crippen molar-refractivity contribution in [2.24, 2.45) is 0 Å². The van der Waals surface area contributed by atoms with Crippen LogP contribution in [0.25, 0.3) is 0 Å². The predicted octanol–water partition coefficient (Wildman–Crippen LogP) is 1.09. The van der Waals surface area contributed by atoms with Gasteiger partial charge in [-0.1, -0.05) is 18.2 Å². The molecule has 0 aliphatic rings. The van der Waals surface area contributed by atoms with Gasteiger partial charge in [-0.25, -0.2) is 4.57 Å². The van der Waals surface area contributed by atoms with Crippen molar-refractivity contribution < 1.29 is 28.4 Å². The molecule has 0 heterocycles. The Kier molecular flexibility index (Phi) is 4.49. The van der Waals surface area contributed by atoms with Gasteiger partial charge in [0.2, 0.25) is 0 Å². The smallest absolute Gasteiger partial charge is 0.396 e. The number of carbonyl (C=O) groups is 1. The summed E-state index contributed by atoms with van der Waals surface area (Å²) in [6.07, 6.45) is -0.358. The van der Waals surface area contributed by atoms with Crippen LogP contribution in [0.5, 0.6) is 5.75 Å². The van der Waals surface area contributed by atoms with E-state index in [1.807, 2.05) is 0 Å². The van der Waals surface area contributed by atoms with Crippen LogP contribution >= 0.6 is 7.82 Å². The molecule has 1 atom stereocenters. The van der Waals surface area contributed by atoms with Gasteiger partial charge in [0, 0.05) is 0 Å². The highest BCUT2D eigenvalue weighted by Crippen LogP contribution is 2.43. The van der Waals surface area contributed by atoms with Gasteiger partial charge < -0.3 is 14.2 Å². The van der Waals surface area contributed by atoms with Crippen LogP contribution in [0.2, 0.25) is 0 Å². The van der Waals surface area contributed by atoms with Crippen LogP contribution in [-0.2, 0) is 13.9 Å². The van der Waals surface area contributed by atoms with Gasteiger partial charge in [-0.15, -0.1) is 0 Å². The van der Waals surface area contributed by atoms with E-state index in [1.54, 1.807) is 18.2 Å². The Balaban J connectivity index is 2.58. The van der Waals surface area contributed by atoms with Gasteiger partial charge in [-0.05, 0) is 12.1 Å². The zero-order valence-corrected chi connectivity index (χ0v) is 9.17. The number of hydrogen-bond acceptors (Lipinski definition) is 5. The number of aliphatic hydroxyl groups is 1. The molecule has 0 saturated carbocycles. The Morgan fingerprint density at radius 3 is 2.50 bits per heavy atom. The third kappa shape index (κ3) is 4.44. The van der Waals surface area contributed by atoms with E-state index in [0.717, 1.165) is 0 Å². The second-order valence-electron chi connectivity index (χ2n) is 2.81. The van der Waals surface area contributed by atoms with Crippen LogP contribution in [0, 0.1) is 0 Å². The summed E-state index contributed by atoms with van der Waals surface area (Å²) in [6, 6.07) is 7.80. The summed E-state index contributed by atoms with van der Waals surface area (Å²) in [5.41, 5.74) is 0. The molecule has 7 heteroatoms. The lowest BCUT2D eigenvalue weighted by Crippen LogP contribution is -2.07. The van der Waals surface area contributed by atoms with Gasteiger partial charge in [-0.2, -0.15) is 0 Å². The molecule has 0 fully saturated rings. The van der Waals surface area contributed by atoms with E-state index in [-0.39, 0.29) is 12.2 Å². The quantitative estimate of drug-likeness (QED) is 0.755. The third-order valence-corrected chi connectivity index (χ3v) is 2.37. The Morgan fingerprint density at radius 2 is 1.94 bits per heavy atom. The maximum atomic E-state index is 11.3. The summed E-state index contributed by atoms with van der Waals surface area (Å²) in [5, 5.41) is 8.41. The summed E-state index contributed by atoms with van der Waals surface area (Å²) in [5.74, 6) is -0.880. The molecule has 16 heavy (non-hydrogen) atoms. The fraction of sp³-hybridized carbons (Fsp3) is 0.222. The van der Waals surface area contributed by atoms with Crippen molar-refractivity contribution in [3.8, 4) is 5.75 Å². The summed E-state index contributed by atoms with van der Waals surface area (Å²) in [7, 11) is -4.46. The first kappa shape index (κ1) is 12.7. The molecule has 0 aliphatic heterocycles. The van der Waals surface area contributed by atoms with Crippen LogP contribution in [0.1, 0.15) is 6.42 Å². The summed E-state index contributed by atoms with van der Waals surface area (Å²) < 4.78 is 20.1. The molecule has 0 saturated heterocycles. The van der Waals surface area contributed by atoms with Crippen molar-refractivity contribution in [1.82, 2.24) is 0 Å². The van der Waals surface area contributed by atoms with Crippen molar-refractivity contribution in [2.45, 2.75) is 6.42 Å². The summed E-state index contributed by atoms with van der Waals surface area (Å²) >= 11 is 0. The Morgan fingerprint density at radius 1 is 1.31 bits per heavy atom. The number of rotatable bonds is 5. The molecular weight excluding hydrogens is 235 g/mol. The molecule has 0 radical (unpaired) electrons. The molecule has 0 aromatic heterocycles. The minimum absolute atomic E-state index is 0.116. The number of aliphatic hydroxyl groups excluding tert-OH is 1. The molecule has 6 nitrogen and oxygen atoms in total. The second-order valence-corrected chi connectivity index (χ2v) is 4.11. The summed E-state index contributed by atoms with van der Waals surface area (Å²) in [6.45, 7) is -0.454. The number of benzene rings is 1. The van der Waals surface area contributed by atoms with Crippen LogP contribution < -0.4 is 4.52 Å². The van der Waals surface area contributed by atoms with Gasteiger partial charge >= 0.3 is 13.8 Å². The molecule has 0 aliphatic carbocycles. The van der Waals surface area contributed by atoms with Crippen molar-refractivity contribution in [2.75, 3.05) is 6.61 Å². The van der Waals surface area contributed by atoms with Gasteiger partial charge in [0.1, 0.15) is 5.75 Å². The molecule has 1 unspecified atom stereocenters. The number of phosphoric acid groups is 1. The van der Waals surface area contributed by atoms with E-state index in [4.69, 9.17) is 5.11 Å². The first-order valence-corrected chi connectivity index (χ1v) is 5.94. The van der Waals surface area contributed by atoms with Gasteiger partial charge in [0.25, 0.3) is 0 Å². The molecule has 2 N–H and O–H groups in total. The van der Waals surface area contributed by atoms with E-state index in [1.165, 1.54) is 12.1 Å². The molecular formula is C9H11O6P. The number of para-hydroxylation sites is 1. The maximum Gasteiger partial charge on any atom is 0.587 e. The summed E-state index contributed by atoms with van der Waals surface area (Å²) in [4.78, 5) is 20.0. The first-order valence-electron chi connectivity index (χ1n) is 4.44. The fourth-order valence-corrected chi connectivity index (χ4v) is 1.67. The molecule has 0 amide bonds. The van der Waals surface area contributed by atoms with Crippen LogP contribution in [0.15, 0.2) is 30.3 Å². The Labute approximate surface area is 92.1 Å². The number of carbonyl (C=O) groups excluding carboxylic acids is 1. The van der Waals surface area contributed by atoms with Crippen molar-refractivity contribution in [3.05, 3.63) is 30.3 Å². The van der Waals surface area contributed by atoms with Crippen LogP contribution in [0.3, 0.4) is 0 Å². The van der Waals surface area contributed by atoms with Crippen molar-refractivity contribution in [1.29, 1.82) is 0 Å². The number of phosphoric ester groups is 1. The van der Waals surface area contributed by atoms with E-state index in [0.29, 0.717) is 0 Å². The van der Waals surface area contributed by atoms with Gasteiger partial charge in [0.05, 0.1) is 13.0 Å². The third-order valence-electron chi connectivity index (χ3n) is 1.50. The maximum absolute atomic E-state index is 11.3. The lowest BCUT2D eigenvalue weighted by Gasteiger charge is -2.11. The molecule has 1 rings (SSSR count). The molecule has 88 valence electrons. The monoisotopic (exact) mass is 246 g/mol. The highest BCUT2D eigenvalue weighted by Gasteiger charge is 2.27. The zero-order chi connectivity index (χ0) is 12.0. The first-order chi connectivity index (χ1) is 7.53. The highest BCUT2D eigenvalue weighted by molar-refractivity contribution is 7.48. The topological polar surface area (TPSA) is 93.1 Å². The molecule has 1 aromatic rings. The SMILES string of the molecule is O=C(CCO)OP(=O)(O)Oc1ccccc1. The second kappa shape index (κ2) is 5.65. The standard InChI is InChI=1S/C9H11O6P/c10-7-6-9(11)15-16(12,13)14-8-4-2-1-3-5-8/h1-5,10H,6-7H2,(H,12,13). The van der Waals surface area contributed by atoms with E-state index in [2.05, 4.69) is 9.05 Å². The lowest BCUT2D eigenvalue weighted by atomic mass is 10.3. The van der Waals surface area contributed by atoms with E-state index in [9.17, 15) is 14.3 Å².